The maximum atomic E-state index is 12.6. The van der Waals surface area contributed by atoms with Gasteiger partial charge in [-0.15, -0.1) is 0 Å². The van der Waals surface area contributed by atoms with Gasteiger partial charge >= 0.3 is 0 Å². The molecule has 0 amide bonds. The molecule has 0 radical (unpaired) electrons. The molecule has 1 saturated heterocycles. The topological polar surface area (TPSA) is 62.6 Å². The minimum Gasteiger partial charge on any atom is -0.447 e. The summed E-state index contributed by atoms with van der Waals surface area (Å²) in [5, 5.41) is 3.00. The van der Waals surface area contributed by atoms with Crippen molar-refractivity contribution in [1.82, 2.24) is 9.62 Å². The molecule has 0 aliphatic carbocycles. The van der Waals surface area contributed by atoms with Crippen molar-refractivity contribution >= 4 is 10.0 Å². The highest BCUT2D eigenvalue weighted by molar-refractivity contribution is 7.89. The quantitative estimate of drug-likeness (QED) is 0.919. The van der Waals surface area contributed by atoms with Crippen molar-refractivity contribution in [3.8, 4) is 0 Å². The van der Waals surface area contributed by atoms with Crippen LogP contribution in [0.15, 0.2) is 21.6 Å². The highest BCUT2D eigenvalue weighted by Gasteiger charge is 2.37. The zero-order chi connectivity index (χ0) is 14.0. The Labute approximate surface area is 115 Å². The highest BCUT2D eigenvalue weighted by atomic mass is 32.2. The molecule has 2 heterocycles. The summed E-state index contributed by atoms with van der Waals surface area (Å²) < 4.78 is 32.3. The molecule has 19 heavy (non-hydrogen) atoms. The lowest BCUT2D eigenvalue weighted by atomic mass is 10.0. The lowest BCUT2D eigenvalue weighted by molar-refractivity contribution is 0.199. The summed E-state index contributed by atoms with van der Waals surface area (Å²) in [6, 6.07) is 3.33. The maximum Gasteiger partial charge on any atom is 0.276 e. The molecule has 108 valence electrons. The van der Waals surface area contributed by atoms with E-state index in [1.807, 2.05) is 13.8 Å². The Morgan fingerprint density at radius 3 is 2.53 bits per heavy atom. The van der Waals surface area contributed by atoms with Crippen LogP contribution in [0.3, 0.4) is 0 Å². The van der Waals surface area contributed by atoms with Crippen LogP contribution in [0.5, 0.6) is 0 Å². The molecule has 0 unspecified atom stereocenters. The van der Waals surface area contributed by atoms with E-state index in [1.165, 1.54) is 0 Å². The van der Waals surface area contributed by atoms with Crippen molar-refractivity contribution < 1.29 is 12.8 Å². The van der Waals surface area contributed by atoms with Crippen molar-refractivity contribution in [3.05, 3.63) is 17.9 Å². The van der Waals surface area contributed by atoms with Crippen LogP contribution in [0.4, 0.5) is 0 Å². The van der Waals surface area contributed by atoms with Gasteiger partial charge in [0.05, 0.1) is 6.54 Å². The molecule has 1 aliphatic heterocycles. The number of furan rings is 1. The summed E-state index contributed by atoms with van der Waals surface area (Å²) in [7, 11) is -1.72. The zero-order valence-corrected chi connectivity index (χ0v) is 12.5. The van der Waals surface area contributed by atoms with Gasteiger partial charge in [-0.3, -0.25) is 0 Å². The zero-order valence-electron chi connectivity index (χ0n) is 11.7. The first-order valence-electron chi connectivity index (χ1n) is 6.73. The van der Waals surface area contributed by atoms with Gasteiger partial charge in [0, 0.05) is 12.1 Å². The van der Waals surface area contributed by atoms with Crippen molar-refractivity contribution in [3.63, 3.8) is 0 Å². The molecule has 1 N–H and O–H groups in total. The second kappa shape index (κ2) is 5.64. The van der Waals surface area contributed by atoms with E-state index in [-0.39, 0.29) is 17.2 Å². The normalized spacial score (nSPS) is 25.6. The predicted molar refractivity (Wildman–Crippen MR) is 73.3 cm³/mol. The summed E-state index contributed by atoms with van der Waals surface area (Å²) in [5.41, 5.74) is 0. The van der Waals surface area contributed by atoms with Crippen LogP contribution < -0.4 is 5.32 Å². The van der Waals surface area contributed by atoms with E-state index >= 15 is 0 Å². The largest absolute Gasteiger partial charge is 0.447 e. The number of hydrogen-bond acceptors (Lipinski definition) is 4. The lowest BCUT2D eigenvalue weighted by Crippen LogP contribution is -2.47. The summed E-state index contributed by atoms with van der Waals surface area (Å²) in [6.07, 6.45) is 2.90. The van der Waals surface area contributed by atoms with Crippen molar-refractivity contribution in [1.29, 1.82) is 0 Å². The Bertz CT molecular complexity index is 514. The molecule has 0 spiro atoms. The van der Waals surface area contributed by atoms with Gasteiger partial charge in [0.2, 0.25) is 5.09 Å². The second-order valence-electron chi connectivity index (χ2n) is 5.21. The molecule has 1 aromatic heterocycles. The molecule has 0 bridgehead atoms. The Hall–Kier alpha value is -0.850. The standard InChI is InChI=1S/C13H22N2O3S/c1-10-5-4-6-11(2)15(10)19(16,17)13-8-7-12(18-13)9-14-3/h7-8,10-11,14H,4-6,9H2,1-3H3/t10-,11+. The summed E-state index contributed by atoms with van der Waals surface area (Å²) in [6.45, 7) is 4.45. The van der Waals surface area contributed by atoms with E-state index in [1.54, 1.807) is 23.5 Å². The molecule has 0 saturated carbocycles. The van der Waals surface area contributed by atoms with Crippen LogP contribution >= 0.6 is 0 Å². The van der Waals surface area contributed by atoms with E-state index in [0.29, 0.717) is 12.3 Å². The Morgan fingerprint density at radius 2 is 1.95 bits per heavy atom. The molecule has 0 aromatic carbocycles. The molecule has 1 fully saturated rings. The summed E-state index contributed by atoms with van der Waals surface area (Å²) >= 11 is 0. The van der Waals surface area contributed by atoms with Crippen LogP contribution in [0, 0.1) is 0 Å². The van der Waals surface area contributed by atoms with Crippen LogP contribution in [-0.2, 0) is 16.6 Å². The Balaban J connectivity index is 2.29. The van der Waals surface area contributed by atoms with Gasteiger partial charge in [-0.2, -0.15) is 4.31 Å². The van der Waals surface area contributed by atoms with Gasteiger partial charge in [-0.1, -0.05) is 6.42 Å². The van der Waals surface area contributed by atoms with Gasteiger partial charge in [-0.25, -0.2) is 8.42 Å². The van der Waals surface area contributed by atoms with E-state index in [9.17, 15) is 8.42 Å². The number of piperidine rings is 1. The van der Waals surface area contributed by atoms with E-state index in [4.69, 9.17) is 4.42 Å². The smallest absolute Gasteiger partial charge is 0.276 e. The number of nitrogens with one attached hydrogen (secondary N) is 1. The van der Waals surface area contributed by atoms with Gasteiger partial charge in [-0.05, 0) is 45.9 Å². The summed E-state index contributed by atoms with van der Waals surface area (Å²) in [5.74, 6) is 0.637. The van der Waals surface area contributed by atoms with Crippen molar-refractivity contribution in [2.75, 3.05) is 7.05 Å². The third kappa shape index (κ3) is 2.85. The minimum absolute atomic E-state index is 0.0339. The lowest BCUT2D eigenvalue weighted by Gasteiger charge is -2.36. The van der Waals surface area contributed by atoms with Gasteiger partial charge in [0.1, 0.15) is 5.76 Å². The Morgan fingerprint density at radius 1 is 1.32 bits per heavy atom. The Kier molecular flexibility index (Phi) is 4.32. The minimum atomic E-state index is -3.52. The van der Waals surface area contributed by atoms with Crippen LogP contribution in [0.2, 0.25) is 0 Å². The predicted octanol–water partition coefficient (Wildman–Crippen LogP) is 1.95. The maximum absolute atomic E-state index is 12.6. The van der Waals surface area contributed by atoms with Crippen LogP contribution in [0.1, 0.15) is 38.9 Å². The van der Waals surface area contributed by atoms with Crippen molar-refractivity contribution in [2.24, 2.45) is 0 Å². The average molecular weight is 286 g/mol. The molecule has 1 aromatic rings. The van der Waals surface area contributed by atoms with Gasteiger partial charge in [0.15, 0.2) is 0 Å². The monoisotopic (exact) mass is 286 g/mol. The third-order valence-corrected chi connectivity index (χ3v) is 5.64. The molecular formula is C13H22N2O3S. The van der Waals surface area contributed by atoms with Crippen molar-refractivity contribution in [2.45, 2.75) is 56.8 Å². The molecule has 5 nitrogen and oxygen atoms in total. The SMILES string of the molecule is CNCc1ccc(S(=O)(=O)N2[C@H](C)CCC[C@@H]2C)o1. The molecule has 1 aliphatic rings. The first-order chi connectivity index (χ1) is 8.96. The average Bonchev–Trinajstić information content (AvgIpc) is 2.78. The van der Waals surface area contributed by atoms with Gasteiger partial charge in [0.25, 0.3) is 10.0 Å². The first kappa shape index (κ1) is 14.6. The number of sulfonamides is 1. The fourth-order valence-corrected chi connectivity index (χ4v) is 4.56. The number of hydrogen-bond donors (Lipinski definition) is 1. The molecule has 2 atom stereocenters. The fraction of sp³-hybridized carbons (Fsp3) is 0.692. The fourth-order valence-electron chi connectivity index (χ4n) is 2.74. The number of nitrogens with zero attached hydrogens (tertiary/aromatic N) is 1. The molecule has 6 heteroatoms. The van der Waals surface area contributed by atoms with Crippen LogP contribution in [-0.4, -0.2) is 31.9 Å². The molecular weight excluding hydrogens is 264 g/mol. The van der Waals surface area contributed by atoms with Crippen LogP contribution in [0.25, 0.3) is 0 Å². The van der Waals surface area contributed by atoms with E-state index in [2.05, 4.69) is 5.32 Å². The highest BCUT2D eigenvalue weighted by Crippen LogP contribution is 2.30. The van der Waals surface area contributed by atoms with Gasteiger partial charge < -0.3 is 9.73 Å². The number of rotatable bonds is 4. The first-order valence-corrected chi connectivity index (χ1v) is 8.17. The van der Waals surface area contributed by atoms with E-state index in [0.717, 1.165) is 19.3 Å². The third-order valence-electron chi connectivity index (χ3n) is 3.63. The van der Waals surface area contributed by atoms with E-state index < -0.39 is 10.0 Å². The molecule has 2 rings (SSSR count). The second-order valence-corrected chi connectivity index (χ2v) is 6.99. The summed E-state index contributed by atoms with van der Waals surface area (Å²) in [4.78, 5) is 0.